The first-order valence-electron chi connectivity index (χ1n) is 8.19. The van der Waals surface area contributed by atoms with Crippen molar-refractivity contribution in [2.24, 2.45) is 11.7 Å². The van der Waals surface area contributed by atoms with Crippen LogP contribution in [0.3, 0.4) is 0 Å². The minimum Gasteiger partial charge on any atom is -0.378 e. The van der Waals surface area contributed by atoms with E-state index in [1.54, 1.807) is 0 Å². The molecule has 20 heavy (non-hydrogen) atoms. The Kier molecular flexibility index (Phi) is 3.51. The lowest BCUT2D eigenvalue weighted by Crippen LogP contribution is -2.67. The number of hydrogen-bond acceptors (Lipinski definition) is 5. The van der Waals surface area contributed by atoms with E-state index in [0.29, 0.717) is 18.0 Å². The van der Waals surface area contributed by atoms with Crippen LogP contribution >= 0.6 is 0 Å². The average Bonchev–Trinajstić information content (AvgIpc) is 2.95. The predicted octanol–water partition coefficient (Wildman–Crippen LogP) is -0.101. The molecule has 5 saturated heterocycles. The Labute approximate surface area is 121 Å². The van der Waals surface area contributed by atoms with Crippen LogP contribution in [-0.4, -0.2) is 80.0 Å². The van der Waals surface area contributed by atoms with Gasteiger partial charge in [-0.25, -0.2) is 0 Å². The molecule has 114 valence electrons. The summed E-state index contributed by atoms with van der Waals surface area (Å²) in [6.45, 7) is 8.53. The van der Waals surface area contributed by atoms with E-state index in [1.165, 1.54) is 32.7 Å². The van der Waals surface area contributed by atoms with Gasteiger partial charge in [0.15, 0.2) is 0 Å². The molecule has 0 aromatic rings. The molecule has 5 heterocycles. The molecule has 5 fully saturated rings. The summed E-state index contributed by atoms with van der Waals surface area (Å²) in [7, 11) is 0. The molecule has 0 aromatic carbocycles. The zero-order valence-corrected chi connectivity index (χ0v) is 12.3. The first-order chi connectivity index (χ1) is 9.76. The Morgan fingerprint density at radius 2 is 2.00 bits per heavy atom. The molecule has 2 N–H and O–H groups in total. The summed E-state index contributed by atoms with van der Waals surface area (Å²) in [4.78, 5) is 5.20. The summed E-state index contributed by atoms with van der Waals surface area (Å²) >= 11 is 0. The van der Waals surface area contributed by atoms with Crippen LogP contribution < -0.4 is 5.73 Å². The van der Waals surface area contributed by atoms with Gasteiger partial charge in [0.1, 0.15) is 0 Å². The first kappa shape index (κ1) is 13.5. The minimum absolute atomic E-state index is 0.0101. The Bertz CT molecular complexity index is 351. The molecule has 5 nitrogen and oxygen atoms in total. The molecular weight excluding hydrogens is 254 g/mol. The summed E-state index contributed by atoms with van der Waals surface area (Å²) in [5.41, 5.74) is 6.69. The molecular formula is C15H27N3O2. The fourth-order valence-electron chi connectivity index (χ4n) is 4.59. The Balaban J connectivity index is 1.44. The van der Waals surface area contributed by atoms with Crippen LogP contribution in [0.25, 0.3) is 0 Å². The fraction of sp³-hybridized carbons (Fsp3) is 1.00. The Morgan fingerprint density at radius 1 is 1.15 bits per heavy atom. The van der Waals surface area contributed by atoms with Crippen molar-refractivity contribution < 1.29 is 9.47 Å². The van der Waals surface area contributed by atoms with Gasteiger partial charge in [0, 0.05) is 64.4 Å². The second kappa shape index (κ2) is 5.21. The smallest absolute Gasteiger partial charge is 0.0939 e. The average molecular weight is 281 g/mol. The number of ether oxygens (including phenoxy) is 2. The third-order valence-electron chi connectivity index (χ3n) is 5.91. The predicted molar refractivity (Wildman–Crippen MR) is 76.6 cm³/mol. The molecule has 0 amide bonds. The number of hydrogen-bond donors (Lipinski definition) is 1. The maximum Gasteiger partial charge on any atom is 0.0939 e. The van der Waals surface area contributed by atoms with Crippen molar-refractivity contribution >= 4 is 0 Å². The summed E-state index contributed by atoms with van der Waals surface area (Å²) in [5.74, 6) is 0.594. The molecule has 0 aromatic heterocycles. The van der Waals surface area contributed by atoms with E-state index in [-0.39, 0.29) is 5.60 Å². The van der Waals surface area contributed by atoms with Gasteiger partial charge in [-0.15, -0.1) is 0 Å². The van der Waals surface area contributed by atoms with Gasteiger partial charge in [-0.2, -0.15) is 0 Å². The van der Waals surface area contributed by atoms with Gasteiger partial charge in [-0.1, -0.05) is 0 Å². The second-order valence-corrected chi connectivity index (χ2v) is 7.07. The maximum atomic E-state index is 6.70. The minimum atomic E-state index is -0.0101. The van der Waals surface area contributed by atoms with Crippen LogP contribution in [-0.2, 0) is 9.47 Å². The zero-order chi connectivity index (χ0) is 13.6. The first-order valence-corrected chi connectivity index (χ1v) is 8.19. The zero-order valence-electron chi connectivity index (χ0n) is 12.3. The Morgan fingerprint density at radius 3 is 2.65 bits per heavy atom. The lowest BCUT2D eigenvalue weighted by atomic mass is 9.78. The van der Waals surface area contributed by atoms with E-state index >= 15 is 0 Å². The van der Waals surface area contributed by atoms with Gasteiger partial charge in [0.25, 0.3) is 0 Å². The molecule has 0 saturated carbocycles. The highest BCUT2D eigenvalue weighted by Gasteiger charge is 2.45. The highest BCUT2D eigenvalue weighted by Crippen LogP contribution is 2.38. The van der Waals surface area contributed by atoms with Gasteiger partial charge in [0.05, 0.1) is 12.2 Å². The standard InChI is InChI=1S/C15H27N3O2/c16-14(13-10-17-3-5-18(13)6-4-17)12-1-7-20-15(9-12)2-8-19-11-15/h12-14H,1-11,16H2. The summed E-state index contributed by atoms with van der Waals surface area (Å²) < 4.78 is 11.6. The van der Waals surface area contributed by atoms with Gasteiger partial charge in [-0.05, 0) is 18.8 Å². The fourth-order valence-corrected chi connectivity index (χ4v) is 4.59. The van der Waals surface area contributed by atoms with Crippen molar-refractivity contribution in [2.45, 2.75) is 36.9 Å². The lowest BCUT2D eigenvalue weighted by molar-refractivity contribution is -0.109. The van der Waals surface area contributed by atoms with E-state index in [4.69, 9.17) is 15.2 Å². The van der Waals surface area contributed by atoms with Crippen molar-refractivity contribution in [1.29, 1.82) is 0 Å². The second-order valence-electron chi connectivity index (χ2n) is 7.07. The SMILES string of the molecule is NC(C1CCOC2(CCOC2)C1)C1CN2CCN1CC2. The number of nitrogens with zero attached hydrogens (tertiary/aromatic N) is 2. The highest BCUT2D eigenvalue weighted by molar-refractivity contribution is 5.00. The van der Waals surface area contributed by atoms with Gasteiger partial charge < -0.3 is 15.2 Å². The van der Waals surface area contributed by atoms with Crippen LogP contribution in [0.15, 0.2) is 0 Å². The van der Waals surface area contributed by atoms with E-state index in [9.17, 15) is 0 Å². The third kappa shape index (κ3) is 2.29. The Hall–Kier alpha value is -0.200. The number of rotatable bonds is 2. The topological polar surface area (TPSA) is 51.0 Å². The molecule has 1 spiro atoms. The molecule has 5 rings (SSSR count). The molecule has 0 radical (unpaired) electrons. The summed E-state index contributed by atoms with van der Waals surface area (Å²) in [6, 6.07) is 0.847. The molecule has 2 bridgehead atoms. The van der Waals surface area contributed by atoms with Crippen LogP contribution in [0.1, 0.15) is 19.3 Å². The molecule has 4 atom stereocenters. The van der Waals surface area contributed by atoms with Gasteiger partial charge in [-0.3, -0.25) is 9.80 Å². The lowest BCUT2D eigenvalue weighted by Gasteiger charge is -2.52. The number of nitrogens with two attached hydrogens (primary N) is 1. The van der Waals surface area contributed by atoms with Crippen LogP contribution in [0, 0.1) is 5.92 Å². The van der Waals surface area contributed by atoms with E-state index < -0.39 is 0 Å². The third-order valence-corrected chi connectivity index (χ3v) is 5.91. The largest absolute Gasteiger partial charge is 0.378 e. The monoisotopic (exact) mass is 281 g/mol. The van der Waals surface area contributed by atoms with Crippen molar-refractivity contribution in [3.63, 3.8) is 0 Å². The molecule has 5 heteroatoms. The highest BCUT2D eigenvalue weighted by atomic mass is 16.6. The van der Waals surface area contributed by atoms with Crippen molar-refractivity contribution in [2.75, 3.05) is 52.5 Å². The van der Waals surface area contributed by atoms with Crippen molar-refractivity contribution in [1.82, 2.24) is 9.80 Å². The maximum absolute atomic E-state index is 6.70. The normalized spacial score (nSPS) is 49.6. The van der Waals surface area contributed by atoms with Crippen LogP contribution in [0.2, 0.25) is 0 Å². The summed E-state index contributed by atoms with van der Waals surface area (Å²) in [6.07, 6.45) is 3.27. The number of fused-ring (bicyclic) bond motifs is 3. The van der Waals surface area contributed by atoms with E-state index in [2.05, 4.69) is 9.80 Å². The van der Waals surface area contributed by atoms with Crippen molar-refractivity contribution in [3.8, 4) is 0 Å². The van der Waals surface area contributed by atoms with Crippen LogP contribution in [0.5, 0.6) is 0 Å². The molecule has 5 aliphatic heterocycles. The van der Waals surface area contributed by atoms with Gasteiger partial charge >= 0.3 is 0 Å². The van der Waals surface area contributed by atoms with E-state index in [0.717, 1.165) is 39.1 Å². The summed E-state index contributed by atoms with van der Waals surface area (Å²) in [5, 5.41) is 0. The molecule has 0 aliphatic carbocycles. The van der Waals surface area contributed by atoms with Gasteiger partial charge in [0.2, 0.25) is 0 Å². The number of piperazine rings is 3. The molecule has 4 unspecified atom stereocenters. The van der Waals surface area contributed by atoms with E-state index in [1.807, 2.05) is 0 Å². The quantitative estimate of drug-likeness (QED) is 0.766. The van der Waals surface area contributed by atoms with Crippen molar-refractivity contribution in [3.05, 3.63) is 0 Å². The molecule has 5 aliphatic rings. The van der Waals surface area contributed by atoms with Crippen LogP contribution in [0.4, 0.5) is 0 Å².